The average Bonchev–Trinajstić information content (AvgIpc) is 2.28. The Morgan fingerprint density at radius 3 is 2.71 bits per heavy atom. The number of nitrogens with two attached hydrogens (primary N) is 1. The van der Waals surface area contributed by atoms with E-state index < -0.39 is 0 Å². The van der Waals surface area contributed by atoms with Crippen molar-refractivity contribution < 1.29 is 9.47 Å². The zero-order valence-electron chi connectivity index (χ0n) is 11.0. The molecule has 0 radical (unpaired) electrons. The lowest BCUT2D eigenvalue weighted by Gasteiger charge is -2.13. The summed E-state index contributed by atoms with van der Waals surface area (Å²) < 4.78 is 10.7. The van der Waals surface area contributed by atoms with Crippen LogP contribution in [0.4, 0.5) is 0 Å². The molecule has 1 atom stereocenters. The molecule has 0 heterocycles. The highest BCUT2D eigenvalue weighted by atomic mass is 16.5. The first kappa shape index (κ1) is 14.0. The van der Waals surface area contributed by atoms with Crippen LogP contribution in [0.2, 0.25) is 0 Å². The van der Waals surface area contributed by atoms with Gasteiger partial charge in [0.1, 0.15) is 5.75 Å². The molecular weight excluding hydrogens is 214 g/mol. The molecule has 0 aromatic heterocycles. The fourth-order valence-corrected chi connectivity index (χ4v) is 1.66. The van der Waals surface area contributed by atoms with Crippen LogP contribution in [0.1, 0.15) is 25.8 Å². The van der Waals surface area contributed by atoms with Crippen LogP contribution >= 0.6 is 0 Å². The van der Waals surface area contributed by atoms with Crippen molar-refractivity contribution in [3.63, 3.8) is 0 Å². The molecule has 0 saturated carbocycles. The van der Waals surface area contributed by atoms with Gasteiger partial charge in [0, 0.05) is 12.6 Å². The van der Waals surface area contributed by atoms with Gasteiger partial charge in [-0.05, 0) is 44.4 Å². The maximum atomic E-state index is 6.06. The van der Waals surface area contributed by atoms with Gasteiger partial charge in [-0.2, -0.15) is 0 Å². The number of hydrogen-bond acceptors (Lipinski definition) is 3. The van der Waals surface area contributed by atoms with Crippen molar-refractivity contribution in [1.29, 1.82) is 0 Å². The molecule has 0 spiro atoms. The SMILES string of the molecule is COc1cccc(CC(N)CCOC(C)C)c1. The molecule has 0 saturated heterocycles. The minimum absolute atomic E-state index is 0.140. The van der Waals surface area contributed by atoms with E-state index in [0.29, 0.717) is 0 Å². The standard InChI is InChI=1S/C14H23NO2/c1-11(2)17-8-7-13(15)9-12-5-4-6-14(10-12)16-3/h4-6,10-11,13H,7-9,15H2,1-3H3. The first-order chi connectivity index (χ1) is 8.11. The van der Waals surface area contributed by atoms with Crippen LogP contribution in [0.5, 0.6) is 5.75 Å². The van der Waals surface area contributed by atoms with Gasteiger partial charge in [0.2, 0.25) is 0 Å². The molecule has 0 aliphatic rings. The second kappa shape index (κ2) is 7.30. The van der Waals surface area contributed by atoms with Gasteiger partial charge in [-0.15, -0.1) is 0 Å². The Balaban J connectivity index is 2.36. The van der Waals surface area contributed by atoms with Crippen molar-refractivity contribution in [1.82, 2.24) is 0 Å². The fraction of sp³-hybridized carbons (Fsp3) is 0.571. The molecule has 1 unspecified atom stereocenters. The molecule has 1 aromatic rings. The molecule has 1 aromatic carbocycles. The number of methoxy groups -OCH3 is 1. The molecule has 96 valence electrons. The van der Waals surface area contributed by atoms with E-state index in [1.807, 2.05) is 32.0 Å². The van der Waals surface area contributed by atoms with Crippen LogP contribution in [0.3, 0.4) is 0 Å². The number of ether oxygens (including phenoxy) is 2. The normalized spacial score (nSPS) is 12.8. The number of rotatable bonds is 7. The van der Waals surface area contributed by atoms with E-state index in [0.717, 1.165) is 25.2 Å². The Morgan fingerprint density at radius 2 is 2.06 bits per heavy atom. The average molecular weight is 237 g/mol. The second-order valence-electron chi connectivity index (χ2n) is 4.52. The topological polar surface area (TPSA) is 44.5 Å². The van der Waals surface area contributed by atoms with Crippen LogP contribution in [-0.2, 0) is 11.2 Å². The molecule has 1 rings (SSSR count). The molecular formula is C14H23NO2. The van der Waals surface area contributed by atoms with E-state index in [9.17, 15) is 0 Å². The van der Waals surface area contributed by atoms with Gasteiger partial charge in [-0.1, -0.05) is 12.1 Å². The lowest BCUT2D eigenvalue weighted by Crippen LogP contribution is -2.25. The summed E-state index contributed by atoms with van der Waals surface area (Å²) in [4.78, 5) is 0. The number of hydrogen-bond donors (Lipinski definition) is 1. The quantitative estimate of drug-likeness (QED) is 0.792. The Bertz CT molecular complexity index is 326. The van der Waals surface area contributed by atoms with E-state index in [2.05, 4.69) is 6.07 Å². The van der Waals surface area contributed by atoms with E-state index in [1.165, 1.54) is 5.56 Å². The van der Waals surface area contributed by atoms with Crippen molar-refractivity contribution in [3.8, 4) is 5.75 Å². The van der Waals surface area contributed by atoms with E-state index in [1.54, 1.807) is 7.11 Å². The molecule has 17 heavy (non-hydrogen) atoms. The maximum Gasteiger partial charge on any atom is 0.119 e. The van der Waals surface area contributed by atoms with Crippen LogP contribution in [0, 0.1) is 0 Å². The predicted octanol–water partition coefficient (Wildman–Crippen LogP) is 2.38. The van der Waals surface area contributed by atoms with Crippen LogP contribution in [0.15, 0.2) is 24.3 Å². The van der Waals surface area contributed by atoms with Crippen molar-refractivity contribution in [2.75, 3.05) is 13.7 Å². The Morgan fingerprint density at radius 1 is 1.29 bits per heavy atom. The van der Waals surface area contributed by atoms with Gasteiger partial charge in [0.25, 0.3) is 0 Å². The minimum Gasteiger partial charge on any atom is -0.497 e. The first-order valence-corrected chi connectivity index (χ1v) is 6.12. The summed E-state index contributed by atoms with van der Waals surface area (Å²) in [6.45, 7) is 4.80. The summed E-state index contributed by atoms with van der Waals surface area (Å²) in [6.07, 6.45) is 2.02. The summed E-state index contributed by atoms with van der Waals surface area (Å²) in [7, 11) is 1.68. The summed E-state index contributed by atoms with van der Waals surface area (Å²) in [5.74, 6) is 0.883. The fourth-order valence-electron chi connectivity index (χ4n) is 1.66. The molecule has 2 N–H and O–H groups in total. The third-order valence-corrected chi connectivity index (χ3v) is 2.57. The zero-order valence-corrected chi connectivity index (χ0v) is 11.0. The molecule has 0 fully saturated rings. The van der Waals surface area contributed by atoms with Gasteiger partial charge >= 0.3 is 0 Å². The van der Waals surface area contributed by atoms with E-state index >= 15 is 0 Å². The summed E-state index contributed by atoms with van der Waals surface area (Å²) in [6, 6.07) is 8.18. The number of benzene rings is 1. The Labute approximate surface area is 104 Å². The van der Waals surface area contributed by atoms with Gasteiger partial charge in [0.05, 0.1) is 13.2 Å². The highest BCUT2D eigenvalue weighted by Crippen LogP contribution is 2.14. The van der Waals surface area contributed by atoms with Crippen molar-refractivity contribution in [3.05, 3.63) is 29.8 Å². The third-order valence-electron chi connectivity index (χ3n) is 2.57. The Kier molecular flexibility index (Phi) is 6.01. The zero-order chi connectivity index (χ0) is 12.7. The molecule has 0 aliphatic heterocycles. The first-order valence-electron chi connectivity index (χ1n) is 6.12. The molecule has 3 nitrogen and oxygen atoms in total. The van der Waals surface area contributed by atoms with Crippen LogP contribution in [-0.4, -0.2) is 25.9 Å². The van der Waals surface area contributed by atoms with Gasteiger partial charge < -0.3 is 15.2 Å². The molecule has 0 amide bonds. The minimum atomic E-state index is 0.140. The van der Waals surface area contributed by atoms with E-state index in [4.69, 9.17) is 15.2 Å². The van der Waals surface area contributed by atoms with Gasteiger partial charge in [0.15, 0.2) is 0 Å². The molecule has 3 heteroatoms. The largest absolute Gasteiger partial charge is 0.497 e. The van der Waals surface area contributed by atoms with Crippen molar-refractivity contribution >= 4 is 0 Å². The van der Waals surface area contributed by atoms with Crippen molar-refractivity contribution in [2.24, 2.45) is 5.73 Å². The monoisotopic (exact) mass is 237 g/mol. The van der Waals surface area contributed by atoms with Gasteiger partial charge in [-0.25, -0.2) is 0 Å². The summed E-state index contributed by atoms with van der Waals surface area (Å²) in [5.41, 5.74) is 7.27. The molecule has 0 bridgehead atoms. The predicted molar refractivity (Wildman–Crippen MR) is 70.4 cm³/mol. The Hall–Kier alpha value is -1.06. The lowest BCUT2D eigenvalue weighted by molar-refractivity contribution is 0.0737. The smallest absolute Gasteiger partial charge is 0.119 e. The van der Waals surface area contributed by atoms with Crippen molar-refractivity contribution in [2.45, 2.75) is 38.8 Å². The maximum absolute atomic E-state index is 6.06. The van der Waals surface area contributed by atoms with E-state index in [-0.39, 0.29) is 12.1 Å². The summed E-state index contributed by atoms with van der Waals surface area (Å²) in [5, 5.41) is 0. The van der Waals surface area contributed by atoms with Crippen LogP contribution < -0.4 is 10.5 Å². The summed E-state index contributed by atoms with van der Waals surface area (Å²) >= 11 is 0. The van der Waals surface area contributed by atoms with Gasteiger partial charge in [-0.3, -0.25) is 0 Å². The second-order valence-corrected chi connectivity index (χ2v) is 4.52. The highest BCUT2D eigenvalue weighted by Gasteiger charge is 2.05. The highest BCUT2D eigenvalue weighted by molar-refractivity contribution is 5.28. The molecule has 0 aliphatic carbocycles. The third kappa shape index (κ3) is 5.71. The lowest BCUT2D eigenvalue weighted by atomic mass is 10.0. The van der Waals surface area contributed by atoms with Crippen LogP contribution in [0.25, 0.3) is 0 Å².